The van der Waals surface area contributed by atoms with Crippen molar-refractivity contribution in [3.05, 3.63) is 53.6 Å². The molecule has 0 saturated heterocycles. The Morgan fingerprint density at radius 2 is 2.10 bits per heavy atom. The summed E-state index contributed by atoms with van der Waals surface area (Å²) < 4.78 is 21.5. The molecule has 160 valence electrons. The zero-order valence-electron chi connectivity index (χ0n) is 17.7. The fourth-order valence-electron chi connectivity index (χ4n) is 4.62. The second kappa shape index (κ2) is 6.83. The zero-order valence-corrected chi connectivity index (χ0v) is 17.7. The molecule has 1 fully saturated rings. The molecule has 0 spiro atoms. The number of halogens is 1. The smallest absolute Gasteiger partial charge is 0.309 e. The first-order chi connectivity index (χ1) is 14.8. The summed E-state index contributed by atoms with van der Waals surface area (Å²) in [6.07, 6.45) is 3.61. The van der Waals surface area contributed by atoms with Crippen LogP contribution in [-0.4, -0.2) is 33.0 Å². The number of aromatic amines is 1. The Kier molecular flexibility index (Phi) is 4.32. The number of benzene rings is 2. The van der Waals surface area contributed by atoms with Gasteiger partial charge in [-0.1, -0.05) is 13.8 Å². The van der Waals surface area contributed by atoms with Crippen molar-refractivity contribution >= 4 is 27.8 Å². The highest BCUT2D eigenvalue weighted by Crippen LogP contribution is 2.51. The summed E-state index contributed by atoms with van der Waals surface area (Å²) in [4.78, 5) is 12.0. The zero-order chi connectivity index (χ0) is 21.9. The van der Waals surface area contributed by atoms with E-state index in [9.17, 15) is 14.3 Å². The highest BCUT2D eigenvalue weighted by atomic mass is 19.1. The quantitative estimate of drug-likeness (QED) is 0.449. The maximum absolute atomic E-state index is 14.1. The number of aliphatic carboxylic acids is 1. The fourth-order valence-corrected chi connectivity index (χ4v) is 4.62. The maximum atomic E-state index is 14.1. The molecule has 2 aromatic heterocycles. The number of nitrogens with zero attached hydrogens (tertiary/aromatic N) is 2. The lowest BCUT2D eigenvalue weighted by Gasteiger charge is -2.18. The maximum Gasteiger partial charge on any atom is 0.309 e. The van der Waals surface area contributed by atoms with E-state index < -0.39 is 17.2 Å². The van der Waals surface area contributed by atoms with Crippen LogP contribution in [0.2, 0.25) is 0 Å². The molecule has 1 saturated carbocycles. The van der Waals surface area contributed by atoms with Crippen molar-refractivity contribution in [3.8, 4) is 11.4 Å². The first kappa shape index (κ1) is 19.6. The summed E-state index contributed by atoms with van der Waals surface area (Å²) in [6, 6.07) is 8.93. The molecule has 0 unspecified atom stereocenters. The van der Waals surface area contributed by atoms with Gasteiger partial charge in [-0.3, -0.25) is 9.89 Å². The van der Waals surface area contributed by atoms with E-state index in [0.29, 0.717) is 19.3 Å². The van der Waals surface area contributed by atoms with E-state index >= 15 is 0 Å². The number of aromatic nitrogens is 3. The third-order valence-electron chi connectivity index (χ3n) is 6.43. The van der Waals surface area contributed by atoms with Crippen molar-refractivity contribution < 1.29 is 19.0 Å². The number of nitrogens with one attached hydrogen (secondary N) is 1. The molecule has 5 rings (SSSR count). The van der Waals surface area contributed by atoms with Crippen molar-refractivity contribution in [1.82, 2.24) is 14.8 Å². The van der Waals surface area contributed by atoms with Crippen LogP contribution in [0.25, 0.3) is 27.5 Å². The lowest BCUT2D eigenvalue weighted by atomic mass is 9.91. The lowest BCUT2D eigenvalue weighted by Crippen LogP contribution is -2.18. The van der Waals surface area contributed by atoms with Gasteiger partial charge in [0.15, 0.2) is 11.6 Å². The summed E-state index contributed by atoms with van der Waals surface area (Å²) >= 11 is 0. The van der Waals surface area contributed by atoms with Gasteiger partial charge in [0.05, 0.1) is 29.8 Å². The molecule has 2 N–H and O–H groups in total. The standard InChI is InChI=1S/C24H24FN3O3/c1-13(2)22-17(11-24(6-7-24)23(29)30)16-10-19-14(12-26-27-19)8-20(16)28(22)15-4-5-18(25)21(9-15)31-3/h4-5,8-10,12-13H,6-7,11H2,1-3H3,(H,26,27)(H,29,30). The summed E-state index contributed by atoms with van der Waals surface area (Å²) in [6.45, 7) is 4.20. The van der Waals surface area contributed by atoms with E-state index in [0.717, 1.165) is 38.8 Å². The van der Waals surface area contributed by atoms with Gasteiger partial charge in [-0.15, -0.1) is 0 Å². The highest BCUT2D eigenvalue weighted by Gasteiger charge is 2.51. The van der Waals surface area contributed by atoms with Crippen LogP contribution in [-0.2, 0) is 11.2 Å². The summed E-state index contributed by atoms with van der Waals surface area (Å²) in [7, 11) is 1.45. The molecule has 4 aromatic rings. The van der Waals surface area contributed by atoms with Gasteiger partial charge < -0.3 is 14.4 Å². The van der Waals surface area contributed by atoms with Crippen LogP contribution < -0.4 is 4.74 Å². The number of hydrogen-bond donors (Lipinski definition) is 2. The number of carboxylic acids is 1. The molecular formula is C24H24FN3O3. The lowest BCUT2D eigenvalue weighted by molar-refractivity contribution is -0.143. The molecule has 6 nitrogen and oxygen atoms in total. The monoisotopic (exact) mass is 421 g/mol. The Labute approximate surface area is 178 Å². The van der Waals surface area contributed by atoms with Crippen molar-refractivity contribution in [2.45, 2.75) is 39.0 Å². The van der Waals surface area contributed by atoms with Crippen LogP contribution in [0, 0.1) is 11.2 Å². The number of fused-ring (bicyclic) bond motifs is 2. The van der Waals surface area contributed by atoms with Gasteiger partial charge in [0.2, 0.25) is 0 Å². The second-order valence-corrected chi connectivity index (χ2v) is 8.76. The predicted octanol–water partition coefficient (Wildman–Crippen LogP) is 5.19. The minimum absolute atomic E-state index is 0.125. The minimum Gasteiger partial charge on any atom is -0.494 e. The molecule has 2 heterocycles. The van der Waals surface area contributed by atoms with Crippen LogP contribution in [0.3, 0.4) is 0 Å². The Hall–Kier alpha value is -3.35. The number of H-pyrrole nitrogens is 1. The first-order valence-electron chi connectivity index (χ1n) is 10.4. The fraction of sp³-hybridized carbons (Fsp3) is 0.333. The number of methoxy groups -OCH3 is 1. The van der Waals surface area contributed by atoms with Crippen molar-refractivity contribution in [2.75, 3.05) is 7.11 Å². The van der Waals surface area contributed by atoms with Crippen molar-refractivity contribution in [3.63, 3.8) is 0 Å². The van der Waals surface area contributed by atoms with Crippen molar-refractivity contribution in [1.29, 1.82) is 0 Å². The molecule has 0 amide bonds. The van der Waals surface area contributed by atoms with Gasteiger partial charge in [-0.05, 0) is 55.0 Å². The molecule has 0 bridgehead atoms. The first-order valence-corrected chi connectivity index (χ1v) is 10.4. The Morgan fingerprint density at radius 3 is 2.74 bits per heavy atom. The molecule has 0 atom stereocenters. The molecule has 7 heteroatoms. The Bertz CT molecular complexity index is 1330. The van der Waals surface area contributed by atoms with Gasteiger partial charge in [0, 0.05) is 28.2 Å². The van der Waals surface area contributed by atoms with Gasteiger partial charge in [0.1, 0.15) is 0 Å². The van der Waals surface area contributed by atoms with E-state index in [1.54, 1.807) is 18.3 Å². The highest BCUT2D eigenvalue weighted by molar-refractivity contribution is 5.99. The molecular weight excluding hydrogens is 397 g/mol. The molecule has 31 heavy (non-hydrogen) atoms. The van der Waals surface area contributed by atoms with E-state index in [1.165, 1.54) is 13.2 Å². The third-order valence-corrected chi connectivity index (χ3v) is 6.43. The van der Waals surface area contributed by atoms with E-state index in [-0.39, 0.29) is 11.7 Å². The number of hydrogen-bond acceptors (Lipinski definition) is 3. The summed E-state index contributed by atoms with van der Waals surface area (Å²) in [5, 5.41) is 19.0. The summed E-state index contributed by atoms with van der Waals surface area (Å²) in [5.74, 6) is -0.869. The van der Waals surface area contributed by atoms with Crippen LogP contribution in [0.4, 0.5) is 4.39 Å². The number of carboxylic acid groups (broad SMARTS) is 1. The molecule has 1 aliphatic rings. The molecule has 2 aromatic carbocycles. The van der Waals surface area contributed by atoms with Crippen LogP contribution in [0.5, 0.6) is 5.75 Å². The van der Waals surface area contributed by atoms with Crippen molar-refractivity contribution in [2.24, 2.45) is 5.41 Å². The number of ether oxygens (including phenoxy) is 1. The van der Waals surface area contributed by atoms with Crippen LogP contribution >= 0.6 is 0 Å². The van der Waals surface area contributed by atoms with Crippen LogP contribution in [0.15, 0.2) is 36.5 Å². The van der Waals surface area contributed by atoms with Crippen LogP contribution in [0.1, 0.15) is 43.9 Å². The largest absolute Gasteiger partial charge is 0.494 e. The Balaban J connectivity index is 1.85. The van der Waals surface area contributed by atoms with Gasteiger partial charge in [0.25, 0.3) is 0 Å². The summed E-state index contributed by atoms with van der Waals surface area (Å²) in [5.41, 5.74) is 4.00. The number of rotatable bonds is 6. The normalized spacial score (nSPS) is 15.1. The van der Waals surface area contributed by atoms with E-state index in [2.05, 4.69) is 34.7 Å². The second-order valence-electron chi connectivity index (χ2n) is 8.76. The minimum atomic E-state index is -0.742. The van der Waals surface area contributed by atoms with Gasteiger partial charge in [-0.25, -0.2) is 4.39 Å². The topological polar surface area (TPSA) is 80.1 Å². The third kappa shape index (κ3) is 2.99. The van der Waals surface area contributed by atoms with E-state index in [4.69, 9.17) is 4.74 Å². The molecule has 0 aliphatic heterocycles. The number of carbonyl (C=O) groups is 1. The van der Waals surface area contributed by atoms with Gasteiger partial charge >= 0.3 is 5.97 Å². The SMILES string of the molecule is COc1cc(-n2c(C(C)C)c(CC3(C(=O)O)CC3)c3cc4[nH]ncc4cc32)ccc1F. The average molecular weight is 421 g/mol. The average Bonchev–Trinajstić information content (AvgIpc) is 3.28. The molecule has 0 radical (unpaired) electrons. The molecule has 1 aliphatic carbocycles. The predicted molar refractivity (Wildman–Crippen MR) is 117 cm³/mol. The Morgan fingerprint density at radius 1 is 1.32 bits per heavy atom. The van der Waals surface area contributed by atoms with Gasteiger partial charge in [-0.2, -0.15) is 5.10 Å². The van der Waals surface area contributed by atoms with E-state index in [1.807, 2.05) is 6.07 Å².